The van der Waals surface area contributed by atoms with Crippen molar-refractivity contribution in [3.05, 3.63) is 119 Å². The molecule has 4 aromatic rings. The maximum absolute atomic E-state index is 13.4. The predicted molar refractivity (Wildman–Crippen MR) is 162 cm³/mol. The van der Waals surface area contributed by atoms with E-state index in [0.717, 1.165) is 35.6 Å². The van der Waals surface area contributed by atoms with Gasteiger partial charge >= 0.3 is 0 Å². The molecule has 40 heavy (non-hydrogen) atoms. The number of anilines is 2. The fourth-order valence-corrected chi connectivity index (χ4v) is 4.95. The molecule has 1 amide bonds. The number of nitrogens with one attached hydrogen (secondary N) is 2. The van der Waals surface area contributed by atoms with Gasteiger partial charge in [-0.1, -0.05) is 72.8 Å². The SMILES string of the molecule is CCOc1cc2c(cc1OCC)C(=C(Nc1ccc(CN(C)Cc3ccccc3)cc1)c1ccccc1)C(=O)N2. The lowest BCUT2D eigenvalue weighted by Gasteiger charge is -2.18. The van der Waals surface area contributed by atoms with Crippen molar-refractivity contribution in [2.24, 2.45) is 0 Å². The molecular formula is C34H35N3O3. The Morgan fingerprint density at radius 3 is 1.98 bits per heavy atom. The molecule has 1 aliphatic heterocycles. The van der Waals surface area contributed by atoms with E-state index in [1.807, 2.05) is 62.4 Å². The van der Waals surface area contributed by atoms with Crippen LogP contribution in [0.5, 0.6) is 11.5 Å². The molecule has 0 saturated heterocycles. The second kappa shape index (κ2) is 12.5. The largest absolute Gasteiger partial charge is 0.490 e. The second-order valence-electron chi connectivity index (χ2n) is 9.76. The van der Waals surface area contributed by atoms with Crippen LogP contribution in [0.1, 0.15) is 36.1 Å². The fraction of sp³-hybridized carbons (Fsp3) is 0.206. The highest BCUT2D eigenvalue weighted by Gasteiger charge is 2.30. The van der Waals surface area contributed by atoms with Gasteiger partial charge in [0.05, 0.1) is 30.2 Å². The third kappa shape index (κ3) is 6.19. The molecule has 0 atom stereocenters. The molecule has 0 spiro atoms. The van der Waals surface area contributed by atoms with E-state index >= 15 is 0 Å². The first-order valence-electron chi connectivity index (χ1n) is 13.7. The van der Waals surface area contributed by atoms with Gasteiger partial charge in [0.25, 0.3) is 5.91 Å². The zero-order valence-corrected chi connectivity index (χ0v) is 23.2. The Morgan fingerprint density at radius 1 is 0.775 bits per heavy atom. The maximum atomic E-state index is 13.4. The Kier molecular flexibility index (Phi) is 8.47. The average Bonchev–Trinajstić information content (AvgIpc) is 3.28. The summed E-state index contributed by atoms with van der Waals surface area (Å²) in [4.78, 5) is 15.7. The maximum Gasteiger partial charge on any atom is 0.258 e. The van der Waals surface area contributed by atoms with Crippen LogP contribution >= 0.6 is 0 Å². The Balaban J connectivity index is 1.45. The van der Waals surface area contributed by atoms with Gasteiger partial charge in [-0.3, -0.25) is 9.69 Å². The Hall–Kier alpha value is -4.55. The summed E-state index contributed by atoms with van der Waals surface area (Å²) >= 11 is 0. The average molecular weight is 534 g/mol. The molecule has 0 aromatic heterocycles. The molecule has 4 aromatic carbocycles. The zero-order valence-electron chi connectivity index (χ0n) is 23.2. The van der Waals surface area contributed by atoms with Gasteiger partial charge in [0.15, 0.2) is 11.5 Å². The first kappa shape index (κ1) is 27.0. The summed E-state index contributed by atoms with van der Waals surface area (Å²) in [7, 11) is 2.13. The molecular weight excluding hydrogens is 498 g/mol. The summed E-state index contributed by atoms with van der Waals surface area (Å²) in [5.74, 6) is 1.07. The normalized spacial score (nSPS) is 13.6. The van der Waals surface area contributed by atoms with Crippen molar-refractivity contribution in [2.75, 3.05) is 30.9 Å². The lowest BCUT2D eigenvalue weighted by atomic mass is 9.99. The van der Waals surface area contributed by atoms with Crippen LogP contribution in [0.3, 0.4) is 0 Å². The molecule has 0 saturated carbocycles. The second-order valence-corrected chi connectivity index (χ2v) is 9.76. The number of fused-ring (bicyclic) bond motifs is 1. The standard InChI is InChI=1S/C34H35N3O3/c1-4-39-30-20-28-29(21-31(30)40-5-2)36-34(38)32(28)33(26-14-10-7-11-15-26)35-27-18-16-25(17-19-27)23-37(3)22-24-12-8-6-9-13-24/h6-21,35H,4-5,22-23H2,1-3H3,(H,36,38). The van der Waals surface area contributed by atoms with Gasteiger partial charge in [0.2, 0.25) is 0 Å². The molecule has 1 aliphatic rings. The minimum absolute atomic E-state index is 0.170. The fourth-order valence-electron chi connectivity index (χ4n) is 4.95. The van der Waals surface area contributed by atoms with Gasteiger partial charge in [-0.05, 0) is 55.8 Å². The Labute approximate surface area is 236 Å². The Bertz CT molecular complexity index is 1480. The number of ether oxygens (including phenoxy) is 2. The van der Waals surface area contributed by atoms with E-state index in [-0.39, 0.29) is 5.91 Å². The van der Waals surface area contributed by atoms with Gasteiger partial charge in [-0.2, -0.15) is 0 Å². The van der Waals surface area contributed by atoms with Gasteiger partial charge < -0.3 is 20.1 Å². The predicted octanol–water partition coefficient (Wildman–Crippen LogP) is 7.05. The van der Waals surface area contributed by atoms with E-state index in [4.69, 9.17) is 9.47 Å². The van der Waals surface area contributed by atoms with Crippen molar-refractivity contribution in [1.29, 1.82) is 0 Å². The van der Waals surface area contributed by atoms with Crippen molar-refractivity contribution >= 4 is 28.6 Å². The van der Waals surface area contributed by atoms with Crippen molar-refractivity contribution in [2.45, 2.75) is 26.9 Å². The van der Waals surface area contributed by atoms with Crippen molar-refractivity contribution in [3.63, 3.8) is 0 Å². The first-order chi connectivity index (χ1) is 19.6. The summed E-state index contributed by atoms with van der Waals surface area (Å²) in [6.07, 6.45) is 0. The van der Waals surface area contributed by atoms with E-state index < -0.39 is 0 Å². The minimum Gasteiger partial charge on any atom is -0.490 e. The third-order valence-corrected chi connectivity index (χ3v) is 6.71. The van der Waals surface area contributed by atoms with Gasteiger partial charge in [0, 0.05) is 30.4 Å². The molecule has 1 heterocycles. The van der Waals surface area contributed by atoms with Crippen LogP contribution in [0.2, 0.25) is 0 Å². The highest BCUT2D eigenvalue weighted by molar-refractivity contribution is 6.37. The molecule has 6 nitrogen and oxygen atoms in total. The van der Waals surface area contributed by atoms with Crippen LogP contribution in [-0.4, -0.2) is 31.1 Å². The monoisotopic (exact) mass is 533 g/mol. The van der Waals surface area contributed by atoms with Crippen LogP contribution < -0.4 is 20.1 Å². The van der Waals surface area contributed by atoms with E-state index in [2.05, 4.69) is 71.1 Å². The number of nitrogens with zero attached hydrogens (tertiary/aromatic N) is 1. The molecule has 0 fully saturated rings. The third-order valence-electron chi connectivity index (χ3n) is 6.71. The van der Waals surface area contributed by atoms with Crippen molar-refractivity contribution in [1.82, 2.24) is 4.90 Å². The van der Waals surface area contributed by atoms with Crippen LogP contribution in [-0.2, 0) is 17.9 Å². The lowest BCUT2D eigenvalue weighted by Crippen LogP contribution is -2.17. The number of hydrogen-bond donors (Lipinski definition) is 2. The smallest absolute Gasteiger partial charge is 0.258 e. The zero-order chi connectivity index (χ0) is 27.9. The summed E-state index contributed by atoms with van der Waals surface area (Å²) in [5.41, 5.74) is 7.11. The van der Waals surface area contributed by atoms with E-state index in [1.54, 1.807) is 0 Å². The number of amides is 1. The van der Waals surface area contributed by atoms with Crippen LogP contribution in [0, 0.1) is 0 Å². The van der Waals surface area contributed by atoms with Crippen molar-refractivity contribution in [3.8, 4) is 11.5 Å². The van der Waals surface area contributed by atoms with Gasteiger partial charge in [-0.25, -0.2) is 0 Å². The van der Waals surface area contributed by atoms with E-state index in [0.29, 0.717) is 36.0 Å². The molecule has 204 valence electrons. The molecule has 5 rings (SSSR count). The quantitative estimate of drug-likeness (QED) is 0.202. The van der Waals surface area contributed by atoms with Crippen LogP contribution in [0.15, 0.2) is 97.1 Å². The van der Waals surface area contributed by atoms with Crippen LogP contribution in [0.25, 0.3) is 11.3 Å². The number of benzene rings is 4. The molecule has 0 aliphatic carbocycles. The summed E-state index contributed by atoms with van der Waals surface area (Å²) in [6.45, 7) is 6.58. The van der Waals surface area contributed by atoms with Crippen LogP contribution in [0.4, 0.5) is 11.4 Å². The molecule has 0 unspecified atom stereocenters. The summed E-state index contributed by atoms with van der Waals surface area (Å²) in [6, 6.07) is 32.5. The van der Waals surface area contributed by atoms with Crippen molar-refractivity contribution < 1.29 is 14.3 Å². The number of carbonyl (C=O) groups is 1. The number of rotatable bonds is 11. The summed E-state index contributed by atoms with van der Waals surface area (Å²) in [5, 5.41) is 6.58. The number of carbonyl (C=O) groups excluding carboxylic acids is 1. The highest BCUT2D eigenvalue weighted by atomic mass is 16.5. The van der Waals surface area contributed by atoms with E-state index in [1.165, 1.54) is 11.1 Å². The highest BCUT2D eigenvalue weighted by Crippen LogP contribution is 2.43. The van der Waals surface area contributed by atoms with Gasteiger partial charge in [0.1, 0.15) is 0 Å². The Morgan fingerprint density at radius 2 is 1.35 bits per heavy atom. The first-order valence-corrected chi connectivity index (χ1v) is 13.7. The molecule has 0 radical (unpaired) electrons. The lowest BCUT2D eigenvalue weighted by molar-refractivity contribution is -0.110. The summed E-state index contributed by atoms with van der Waals surface area (Å²) < 4.78 is 11.7. The molecule has 0 bridgehead atoms. The molecule has 6 heteroatoms. The number of hydrogen-bond acceptors (Lipinski definition) is 5. The van der Waals surface area contributed by atoms with Gasteiger partial charge in [-0.15, -0.1) is 0 Å². The minimum atomic E-state index is -0.170. The topological polar surface area (TPSA) is 62.8 Å². The van der Waals surface area contributed by atoms with E-state index in [9.17, 15) is 4.79 Å². The molecule has 2 N–H and O–H groups in total.